The predicted octanol–water partition coefficient (Wildman–Crippen LogP) is 4.77. The van der Waals surface area contributed by atoms with Crippen molar-refractivity contribution in [3.63, 3.8) is 0 Å². The molecule has 1 amide bonds. The van der Waals surface area contributed by atoms with Crippen LogP contribution in [-0.4, -0.2) is 31.6 Å². The van der Waals surface area contributed by atoms with Crippen molar-refractivity contribution in [1.82, 2.24) is 4.90 Å². The first-order valence-electron chi connectivity index (χ1n) is 9.54. The highest BCUT2D eigenvalue weighted by Gasteiger charge is 2.39. The van der Waals surface area contributed by atoms with E-state index in [0.717, 1.165) is 30.4 Å². The van der Waals surface area contributed by atoms with Crippen LogP contribution in [0.15, 0.2) is 30.3 Å². The molecule has 0 N–H and O–H groups in total. The van der Waals surface area contributed by atoms with Gasteiger partial charge >= 0.3 is 0 Å². The monoisotopic (exact) mass is 403 g/mol. The number of halogens is 2. The molecule has 0 radical (unpaired) electrons. The molecule has 1 aliphatic heterocycles. The maximum absolute atomic E-state index is 14.9. The smallest absolute Gasteiger partial charge is 0.226 e. The zero-order chi connectivity index (χ0) is 19.8. The van der Waals surface area contributed by atoms with Crippen molar-refractivity contribution < 1.29 is 18.7 Å². The molecule has 0 unspecified atom stereocenters. The lowest BCUT2D eigenvalue weighted by molar-refractivity contribution is -0.140. The van der Waals surface area contributed by atoms with E-state index in [9.17, 15) is 9.18 Å². The summed E-state index contributed by atoms with van der Waals surface area (Å²) in [5.74, 6) is 0.868. The fourth-order valence-corrected chi connectivity index (χ4v) is 4.42. The van der Waals surface area contributed by atoms with Crippen LogP contribution in [-0.2, 0) is 11.2 Å². The number of amides is 1. The summed E-state index contributed by atoms with van der Waals surface area (Å²) < 4.78 is 25.8. The highest BCUT2D eigenvalue weighted by atomic mass is 35.5. The molecule has 0 aromatic heterocycles. The third-order valence-electron chi connectivity index (χ3n) is 5.88. The third kappa shape index (κ3) is 3.12. The minimum absolute atomic E-state index is 0.0229. The zero-order valence-corrected chi connectivity index (χ0v) is 16.8. The molecule has 1 atom stereocenters. The first-order chi connectivity index (χ1) is 13.5. The molecule has 4 nitrogen and oxygen atoms in total. The highest BCUT2D eigenvalue weighted by Crippen LogP contribution is 2.45. The van der Waals surface area contributed by atoms with E-state index in [1.165, 1.54) is 6.07 Å². The number of hydrogen-bond acceptors (Lipinski definition) is 3. The Hall–Kier alpha value is -2.27. The molecule has 2 aliphatic rings. The molecule has 1 fully saturated rings. The van der Waals surface area contributed by atoms with Gasteiger partial charge in [0.05, 0.1) is 20.3 Å². The normalized spacial score (nSPS) is 19.0. The van der Waals surface area contributed by atoms with Gasteiger partial charge in [0.15, 0.2) is 11.5 Å². The van der Waals surface area contributed by atoms with Crippen molar-refractivity contribution in [2.75, 3.05) is 20.8 Å². The predicted molar refractivity (Wildman–Crippen MR) is 106 cm³/mol. The van der Waals surface area contributed by atoms with Gasteiger partial charge in [-0.25, -0.2) is 4.39 Å². The molecular weight excluding hydrogens is 381 g/mol. The summed E-state index contributed by atoms with van der Waals surface area (Å²) in [6.45, 7) is 0.521. The number of benzene rings is 2. The van der Waals surface area contributed by atoms with Crippen LogP contribution in [0.1, 0.15) is 42.0 Å². The molecule has 1 heterocycles. The van der Waals surface area contributed by atoms with E-state index in [4.69, 9.17) is 21.1 Å². The summed E-state index contributed by atoms with van der Waals surface area (Å²) in [5, 5.41) is 0.319. The Bertz CT molecular complexity index is 893. The van der Waals surface area contributed by atoms with E-state index in [2.05, 4.69) is 0 Å². The van der Waals surface area contributed by atoms with Crippen LogP contribution in [0.25, 0.3) is 0 Å². The number of ether oxygens (including phenoxy) is 2. The summed E-state index contributed by atoms with van der Waals surface area (Å²) in [4.78, 5) is 15.0. The SMILES string of the molecule is COc1cc2c(cc1OC)[C@@H](c1c(F)cccc1Cl)N(C(=O)C1CCC1)CC2. The maximum Gasteiger partial charge on any atom is 0.226 e. The molecule has 2 aromatic carbocycles. The molecule has 6 heteroatoms. The minimum atomic E-state index is -0.578. The van der Waals surface area contributed by atoms with E-state index in [0.29, 0.717) is 35.1 Å². The van der Waals surface area contributed by atoms with Crippen LogP contribution < -0.4 is 9.47 Å². The molecule has 0 spiro atoms. The number of nitrogens with zero attached hydrogens (tertiary/aromatic N) is 1. The fourth-order valence-electron chi connectivity index (χ4n) is 4.16. The van der Waals surface area contributed by atoms with Gasteiger partial charge in [-0.1, -0.05) is 24.1 Å². The largest absolute Gasteiger partial charge is 0.493 e. The lowest BCUT2D eigenvalue weighted by Gasteiger charge is -2.41. The van der Waals surface area contributed by atoms with Crippen molar-refractivity contribution in [3.8, 4) is 11.5 Å². The van der Waals surface area contributed by atoms with Crippen LogP contribution in [0.5, 0.6) is 11.5 Å². The standard InChI is InChI=1S/C22H23ClFNO3/c1-27-18-11-14-9-10-25(22(26)13-5-3-6-13)21(15(14)12-19(18)28-2)20-16(23)7-4-8-17(20)24/h4,7-8,11-13,21H,3,5-6,9-10H2,1-2H3/t21-/m0/s1. The summed E-state index contributed by atoms with van der Waals surface area (Å²) in [7, 11) is 3.15. The van der Waals surface area contributed by atoms with Crippen molar-refractivity contribution >= 4 is 17.5 Å². The van der Waals surface area contributed by atoms with Crippen molar-refractivity contribution in [1.29, 1.82) is 0 Å². The molecule has 0 saturated heterocycles. The van der Waals surface area contributed by atoms with Gasteiger partial charge in [-0.2, -0.15) is 0 Å². The third-order valence-corrected chi connectivity index (χ3v) is 6.21. The van der Waals surface area contributed by atoms with Crippen molar-refractivity contribution in [3.05, 3.63) is 57.9 Å². The molecule has 28 heavy (non-hydrogen) atoms. The number of hydrogen-bond donors (Lipinski definition) is 0. The molecule has 2 aromatic rings. The average Bonchev–Trinajstić information content (AvgIpc) is 2.65. The lowest BCUT2D eigenvalue weighted by atomic mass is 9.81. The second kappa shape index (κ2) is 7.63. The Balaban J connectivity index is 1.89. The summed E-state index contributed by atoms with van der Waals surface area (Å²) in [6, 6.07) is 7.83. The zero-order valence-electron chi connectivity index (χ0n) is 16.0. The van der Waals surface area contributed by atoms with Gasteiger partial charge in [-0.15, -0.1) is 0 Å². The second-order valence-corrected chi connectivity index (χ2v) is 7.76. The van der Waals surface area contributed by atoms with E-state index in [1.54, 1.807) is 31.3 Å². The fraction of sp³-hybridized carbons (Fsp3) is 0.409. The molecule has 148 valence electrons. The van der Waals surface area contributed by atoms with Crippen LogP contribution >= 0.6 is 11.6 Å². The molecular formula is C22H23ClFNO3. The average molecular weight is 404 g/mol. The second-order valence-electron chi connectivity index (χ2n) is 7.35. The van der Waals surface area contributed by atoms with E-state index >= 15 is 0 Å². The Labute approximate surface area is 169 Å². The van der Waals surface area contributed by atoms with Gasteiger partial charge in [-0.3, -0.25) is 4.79 Å². The topological polar surface area (TPSA) is 38.8 Å². The van der Waals surface area contributed by atoms with Gasteiger partial charge in [0.2, 0.25) is 5.91 Å². The summed E-state index contributed by atoms with van der Waals surface area (Å²) in [6.07, 6.45) is 3.53. The molecule has 1 saturated carbocycles. The molecule has 4 rings (SSSR count). The minimum Gasteiger partial charge on any atom is -0.493 e. The van der Waals surface area contributed by atoms with E-state index < -0.39 is 11.9 Å². The number of carbonyl (C=O) groups is 1. The van der Waals surface area contributed by atoms with Crippen LogP contribution in [0.4, 0.5) is 4.39 Å². The van der Waals surface area contributed by atoms with E-state index in [-0.39, 0.29) is 11.8 Å². The number of rotatable bonds is 4. The Morgan fingerprint density at radius 2 is 1.89 bits per heavy atom. The van der Waals surface area contributed by atoms with Gasteiger partial charge < -0.3 is 14.4 Å². The van der Waals surface area contributed by atoms with Gasteiger partial charge in [0.25, 0.3) is 0 Å². The lowest BCUT2D eigenvalue weighted by Crippen LogP contribution is -2.45. The Morgan fingerprint density at radius 1 is 1.18 bits per heavy atom. The summed E-state index contributed by atoms with van der Waals surface area (Å²) in [5.41, 5.74) is 2.19. The number of methoxy groups -OCH3 is 2. The van der Waals surface area contributed by atoms with Gasteiger partial charge in [0.1, 0.15) is 5.82 Å². The molecule has 1 aliphatic carbocycles. The quantitative estimate of drug-likeness (QED) is 0.738. The van der Waals surface area contributed by atoms with Crippen LogP contribution in [0.2, 0.25) is 5.02 Å². The maximum atomic E-state index is 14.9. The van der Waals surface area contributed by atoms with Crippen molar-refractivity contribution in [2.45, 2.75) is 31.7 Å². The summed E-state index contributed by atoms with van der Waals surface area (Å²) >= 11 is 6.43. The first-order valence-corrected chi connectivity index (χ1v) is 9.92. The van der Waals surface area contributed by atoms with Crippen molar-refractivity contribution in [2.24, 2.45) is 5.92 Å². The Kier molecular flexibility index (Phi) is 5.19. The van der Waals surface area contributed by atoms with E-state index in [1.807, 2.05) is 12.1 Å². The molecule has 0 bridgehead atoms. The number of carbonyl (C=O) groups excluding carboxylic acids is 1. The van der Waals surface area contributed by atoms with Crippen LogP contribution in [0, 0.1) is 11.7 Å². The van der Waals surface area contributed by atoms with Gasteiger partial charge in [-0.05, 0) is 54.7 Å². The van der Waals surface area contributed by atoms with Gasteiger partial charge in [0, 0.05) is 23.0 Å². The van der Waals surface area contributed by atoms with Crippen LogP contribution in [0.3, 0.4) is 0 Å². The first kappa shape index (κ1) is 19.1. The number of fused-ring (bicyclic) bond motifs is 1. The highest BCUT2D eigenvalue weighted by molar-refractivity contribution is 6.31. The Morgan fingerprint density at radius 3 is 2.50 bits per heavy atom.